The Morgan fingerprint density at radius 2 is 1.13 bits per heavy atom. The van der Waals surface area contributed by atoms with Crippen molar-refractivity contribution in [1.82, 2.24) is 0 Å². The van der Waals surface area contributed by atoms with Crippen LogP contribution in [0.3, 0.4) is 0 Å². The Morgan fingerprint density at radius 1 is 0.677 bits per heavy atom. The predicted molar refractivity (Wildman–Crippen MR) is 122 cm³/mol. The van der Waals surface area contributed by atoms with Gasteiger partial charge in [0.25, 0.3) is 0 Å². The Morgan fingerprint density at radius 3 is 1.61 bits per heavy atom. The summed E-state index contributed by atoms with van der Waals surface area (Å²) >= 11 is 0. The van der Waals surface area contributed by atoms with E-state index in [0.717, 1.165) is 16.7 Å². The zero-order valence-electron chi connectivity index (χ0n) is 17.7. The van der Waals surface area contributed by atoms with E-state index in [9.17, 15) is 5.11 Å². The van der Waals surface area contributed by atoms with Crippen molar-refractivity contribution in [3.8, 4) is 0 Å². The molecular formula is C27H30O4. The molecule has 0 amide bonds. The summed E-state index contributed by atoms with van der Waals surface area (Å²) in [6.07, 6.45) is -0.290. The van der Waals surface area contributed by atoms with Crippen LogP contribution in [0.15, 0.2) is 104 Å². The largest absolute Gasteiger partial charge is 0.388 e. The molecule has 0 unspecified atom stereocenters. The highest BCUT2D eigenvalue weighted by Gasteiger charge is 2.28. The lowest BCUT2D eigenvalue weighted by atomic mass is 10.1. The Kier molecular flexibility index (Phi) is 9.48. The maximum atomic E-state index is 10.9. The highest BCUT2D eigenvalue weighted by Crippen LogP contribution is 2.17. The molecule has 0 saturated carbocycles. The molecule has 162 valence electrons. The SMILES string of the molecule is C=C[C@H](OCc1ccccc1)[C@H](OCc1ccccc1)[C@H](O)COCc1ccccc1. The average molecular weight is 419 g/mol. The van der Waals surface area contributed by atoms with Crippen molar-refractivity contribution in [3.63, 3.8) is 0 Å². The molecule has 3 rings (SSSR count). The lowest BCUT2D eigenvalue weighted by Gasteiger charge is -2.29. The van der Waals surface area contributed by atoms with E-state index in [4.69, 9.17) is 14.2 Å². The molecule has 0 bridgehead atoms. The smallest absolute Gasteiger partial charge is 0.116 e. The van der Waals surface area contributed by atoms with E-state index in [-0.39, 0.29) is 6.61 Å². The topological polar surface area (TPSA) is 47.9 Å². The fourth-order valence-corrected chi connectivity index (χ4v) is 3.22. The summed E-state index contributed by atoms with van der Waals surface area (Å²) in [5.41, 5.74) is 3.12. The molecule has 0 heterocycles. The molecule has 0 aliphatic heterocycles. The van der Waals surface area contributed by atoms with Crippen LogP contribution in [0.1, 0.15) is 16.7 Å². The maximum absolute atomic E-state index is 10.9. The minimum Gasteiger partial charge on any atom is -0.388 e. The van der Waals surface area contributed by atoms with E-state index in [1.54, 1.807) is 6.08 Å². The van der Waals surface area contributed by atoms with Crippen LogP contribution in [0.2, 0.25) is 0 Å². The Hall–Kier alpha value is -2.76. The third-order valence-electron chi connectivity index (χ3n) is 4.91. The van der Waals surface area contributed by atoms with Gasteiger partial charge in [0.1, 0.15) is 18.3 Å². The van der Waals surface area contributed by atoms with Gasteiger partial charge in [-0.2, -0.15) is 0 Å². The van der Waals surface area contributed by atoms with E-state index in [0.29, 0.717) is 19.8 Å². The van der Waals surface area contributed by atoms with E-state index in [1.165, 1.54) is 0 Å². The van der Waals surface area contributed by atoms with Crippen molar-refractivity contribution in [1.29, 1.82) is 0 Å². The van der Waals surface area contributed by atoms with Crippen molar-refractivity contribution < 1.29 is 19.3 Å². The fraction of sp³-hybridized carbons (Fsp3) is 0.259. The number of aliphatic hydroxyl groups excluding tert-OH is 1. The van der Waals surface area contributed by atoms with Gasteiger partial charge in [0.2, 0.25) is 0 Å². The summed E-state index contributed by atoms with van der Waals surface area (Å²) in [5.74, 6) is 0. The van der Waals surface area contributed by atoms with E-state index >= 15 is 0 Å². The average Bonchev–Trinajstić information content (AvgIpc) is 2.83. The Labute approximate surface area is 184 Å². The molecule has 0 spiro atoms. The molecule has 0 radical (unpaired) electrons. The molecular weight excluding hydrogens is 388 g/mol. The number of rotatable bonds is 13. The van der Waals surface area contributed by atoms with Gasteiger partial charge in [0.15, 0.2) is 0 Å². The first-order valence-corrected chi connectivity index (χ1v) is 10.5. The minimum atomic E-state index is -0.869. The van der Waals surface area contributed by atoms with Crippen LogP contribution in [0.4, 0.5) is 0 Å². The van der Waals surface area contributed by atoms with Gasteiger partial charge in [-0.15, -0.1) is 6.58 Å². The number of benzene rings is 3. The second kappa shape index (κ2) is 12.8. The predicted octanol–water partition coefficient (Wildman–Crippen LogP) is 4.92. The number of hydrogen-bond donors (Lipinski definition) is 1. The molecule has 0 aliphatic rings. The second-order valence-electron chi connectivity index (χ2n) is 7.33. The molecule has 31 heavy (non-hydrogen) atoms. The summed E-state index contributed by atoms with van der Waals surface area (Å²) in [4.78, 5) is 0. The zero-order valence-corrected chi connectivity index (χ0v) is 17.7. The summed E-state index contributed by atoms with van der Waals surface area (Å²) in [6, 6.07) is 29.6. The normalized spacial score (nSPS) is 14.0. The van der Waals surface area contributed by atoms with Gasteiger partial charge in [-0.3, -0.25) is 0 Å². The molecule has 0 fully saturated rings. The van der Waals surface area contributed by atoms with Crippen LogP contribution >= 0.6 is 0 Å². The van der Waals surface area contributed by atoms with Crippen LogP contribution in [0.25, 0.3) is 0 Å². The lowest BCUT2D eigenvalue weighted by Crippen LogP contribution is -2.42. The Balaban J connectivity index is 1.62. The molecule has 4 heteroatoms. The Bertz CT molecular complexity index is 868. The van der Waals surface area contributed by atoms with Crippen LogP contribution in [0, 0.1) is 0 Å². The van der Waals surface area contributed by atoms with Gasteiger partial charge in [0, 0.05) is 0 Å². The first-order chi connectivity index (χ1) is 15.3. The van der Waals surface area contributed by atoms with Gasteiger partial charge in [0.05, 0.1) is 26.4 Å². The van der Waals surface area contributed by atoms with Crippen LogP contribution in [-0.4, -0.2) is 30.0 Å². The molecule has 3 aromatic rings. The third-order valence-corrected chi connectivity index (χ3v) is 4.91. The summed E-state index contributed by atoms with van der Waals surface area (Å²) in [5, 5.41) is 10.9. The third kappa shape index (κ3) is 7.78. The molecule has 4 nitrogen and oxygen atoms in total. The van der Waals surface area contributed by atoms with Gasteiger partial charge in [-0.25, -0.2) is 0 Å². The van der Waals surface area contributed by atoms with E-state index in [2.05, 4.69) is 6.58 Å². The van der Waals surface area contributed by atoms with Crippen molar-refractivity contribution >= 4 is 0 Å². The van der Waals surface area contributed by atoms with Crippen LogP contribution in [-0.2, 0) is 34.0 Å². The van der Waals surface area contributed by atoms with Gasteiger partial charge < -0.3 is 19.3 Å². The van der Waals surface area contributed by atoms with E-state index < -0.39 is 18.3 Å². The standard InChI is InChI=1S/C27H30O4/c1-2-26(30-19-23-14-8-4-9-15-23)27(31-20-24-16-10-5-11-17-24)25(28)21-29-18-22-12-6-3-7-13-22/h2-17,25-28H,1,18-21H2/t25-,26+,27-/m1/s1. The van der Waals surface area contributed by atoms with Gasteiger partial charge in [-0.05, 0) is 16.7 Å². The molecule has 0 aromatic heterocycles. The van der Waals surface area contributed by atoms with Crippen LogP contribution in [0.5, 0.6) is 0 Å². The number of hydrogen-bond acceptors (Lipinski definition) is 4. The summed E-state index contributed by atoms with van der Waals surface area (Å²) < 4.78 is 17.9. The first kappa shape index (κ1) is 22.9. The minimum absolute atomic E-state index is 0.132. The maximum Gasteiger partial charge on any atom is 0.116 e. The molecule has 0 saturated heterocycles. The van der Waals surface area contributed by atoms with Crippen molar-refractivity contribution in [3.05, 3.63) is 120 Å². The monoisotopic (exact) mass is 418 g/mol. The number of aliphatic hydroxyl groups is 1. The molecule has 3 aromatic carbocycles. The van der Waals surface area contributed by atoms with Gasteiger partial charge in [-0.1, -0.05) is 97.1 Å². The van der Waals surface area contributed by atoms with Crippen molar-refractivity contribution in [2.45, 2.75) is 38.1 Å². The lowest BCUT2D eigenvalue weighted by molar-refractivity contribution is -0.133. The van der Waals surface area contributed by atoms with Crippen molar-refractivity contribution in [2.75, 3.05) is 6.61 Å². The second-order valence-corrected chi connectivity index (χ2v) is 7.33. The van der Waals surface area contributed by atoms with E-state index in [1.807, 2.05) is 91.0 Å². The summed E-state index contributed by atoms with van der Waals surface area (Å²) in [7, 11) is 0. The highest BCUT2D eigenvalue weighted by atomic mass is 16.6. The highest BCUT2D eigenvalue weighted by molar-refractivity contribution is 5.15. The summed E-state index contributed by atoms with van der Waals surface area (Å²) in [6.45, 7) is 5.22. The quantitative estimate of drug-likeness (QED) is 0.400. The zero-order chi connectivity index (χ0) is 21.7. The fourth-order valence-electron chi connectivity index (χ4n) is 3.22. The van der Waals surface area contributed by atoms with Crippen LogP contribution < -0.4 is 0 Å². The van der Waals surface area contributed by atoms with Gasteiger partial charge >= 0.3 is 0 Å². The van der Waals surface area contributed by atoms with Crippen molar-refractivity contribution in [2.24, 2.45) is 0 Å². The molecule has 1 N–H and O–H groups in total. The first-order valence-electron chi connectivity index (χ1n) is 10.5. The number of ether oxygens (including phenoxy) is 3. The molecule has 3 atom stereocenters. The molecule has 0 aliphatic carbocycles.